The number of hydrogen-bond donors (Lipinski definition) is 2. The summed E-state index contributed by atoms with van der Waals surface area (Å²) in [5.74, 6) is -0.109. The average molecular weight is 408 g/mol. The summed E-state index contributed by atoms with van der Waals surface area (Å²) in [5.41, 5.74) is 6.44. The number of nitrogens with two attached hydrogens (primary N) is 1. The van der Waals surface area contributed by atoms with Crippen molar-refractivity contribution in [2.45, 2.75) is 38.8 Å². The van der Waals surface area contributed by atoms with E-state index in [0.29, 0.717) is 50.4 Å². The zero-order valence-corrected chi connectivity index (χ0v) is 16.8. The Hall–Kier alpha value is -2.66. The van der Waals surface area contributed by atoms with Gasteiger partial charge in [-0.2, -0.15) is 9.97 Å². The van der Waals surface area contributed by atoms with Gasteiger partial charge in [0.2, 0.25) is 0 Å². The van der Waals surface area contributed by atoms with Crippen molar-refractivity contribution >= 4 is 23.0 Å². The molecular formula is C18H28N6O5. The smallest absolute Gasteiger partial charge is 0.327 e. The average Bonchev–Trinajstić information content (AvgIpc) is 2.87. The van der Waals surface area contributed by atoms with Crippen molar-refractivity contribution in [1.29, 1.82) is 0 Å². The predicted molar refractivity (Wildman–Crippen MR) is 106 cm³/mol. The van der Waals surface area contributed by atoms with Gasteiger partial charge in [0.25, 0.3) is 0 Å². The van der Waals surface area contributed by atoms with Crippen molar-refractivity contribution < 1.29 is 19.0 Å². The summed E-state index contributed by atoms with van der Waals surface area (Å²) in [4.78, 5) is 37.2. The van der Waals surface area contributed by atoms with Crippen molar-refractivity contribution in [3.63, 3.8) is 0 Å². The molecule has 2 aromatic heterocycles. The zero-order valence-electron chi connectivity index (χ0n) is 16.8. The van der Waals surface area contributed by atoms with Gasteiger partial charge in [-0.15, -0.1) is 0 Å². The number of nitrogen functional groups attached to an aromatic ring is 1. The number of carbonyl (C=O) groups excluding carboxylic acids is 1. The van der Waals surface area contributed by atoms with Crippen LogP contribution in [-0.4, -0.2) is 76.5 Å². The molecule has 1 atom stereocenters. The van der Waals surface area contributed by atoms with Crippen molar-refractivity contribution in [3.8, 4) is 6.01 Å². The third-order valence-corrected chi connectivity index (χ3v) is 4.85. The number of esters is 1. The van der Waals surface area contributed by atoms with Gasteiger partial charge in [-0.05, 0) is 12.8 Å². The summed E-state index contributed by atoms with van der Waals surface area (Å²) >= 11 is 0. The Morgan fingerprint density at radius 3 is 2.97 bits per heavy atom. The molecule has 1 aliphatic heterocycles. The van der Waals surface area contributed by atoms with E-state index in [0.717, 1.165) is 12.8 Å². The van der Waals surface area contributed by atoms with Crippen LogP contribution in [-0.2, 0) is 20.8 Å². The lowest BCUT2D eigenvalue weighted by Crippen LogP contribution is -2.32. The van der Waals surface area contributed by atoms with Gasteiger partial charge in [-0.1, -0.05) is 13.3 Å². The molecule has 3 rings (SSSR count). The topological polar surface area (TPSA) is 138 Å². The Morgan fingerprint density at radius 2 is 2.21 bits per heavy atom. The third-order valence-electron chi connectivity index (χ3n) is 4.85. The molecule has 0 spiro atoms. The lowest BCUT2D eigenvalue weighted by molar-refractivity contribution is -0.141. The highest BCUT2D eigenvalue weighted by Crippen LogP contribution is 2.19. The number of aromatic nitrogens is 4. The Kier molecular flexibility index (Phi) is 7.04. The van der Waals surface area contributed by atoms with Gasteiger partial charge < -0.3 is 24.9 Å². The number of hydrogen-bond acceptors (Lipinski definition) is 9. The number of unbranched alkanes of at least 4 members (excludes halogenated alkanes) is 1. The SMILES string of the molecule is CCCCOc1nc(N)c2[nH]c(=O)n(CC3CCN(CC(=O)OC)CCO3)c2n1. The van der Waals surface area contributed by atoms with Crippen molar-refractivity contribution in [2.75, 3.05) is 45.7 Å². The van der Waals surface area contributed by atoms with E-state index in [9.17, 15) is 9.59 Å². The largest absolute Gasteiger partial charge is 0.468 e. The fourth-order valence-corrected chi connectivity index (χ4v) is 3.20. The maximum Gasteiger partial charge on any atom is 0.327 e. The highest BCUT2D eigenvalue weighted by molar-refractivity contribution is 5.81. The van der Waals surface area contributed by atoms with Crippen LogP contribution in [0, 0.1) is 0 Å². The van der Waals surface area contributed by atoms with Crippen LogP contribution >= 0.6 is 0 Å². The highest BCUT2D eigenvalue weighted by Gasteiger charge is 2.22. The Labute approximate surface area is 168 Å². The van der Waals surface area contributed by atoms with E-state index in [2.05, 4.69) is 21.9 Å². The van der Waals surface area contributed by atoms with E-state index in [1.165, 1.54) is 11.7 Å². The number of ether oxygens (including phenoxy) is 3. The van der Waals surface area contributed by atoms with Crippen LogP contribution in [0.25, 0.3) is 11.2 Å². The van der Waals surface area contributed by atoms with E-state index < -0.39 is 0 Å². The molecule has 11 heteroatoms. The molecule has 2 aromatic rings. The second-order valence-electron chi connectivity index (χ2n) is 6.97. The number of carbonyl (C=O) groups is 1. The summed E-state index contributed by atoms with van der Waals surface area (Å²) in [5, 5.41) is 0. The fourth-order valence-electron chi connectivity index (χ4n) is 3.20. The summed E-state index contributed by atoms with van der Waals surface area (Å²) in [6.45, 7) is 4.83. The molecule has 0 saturated carbocycles. The van der Waals surface area contributed by atoms with E-state index in [-0.39, 0.29) is 36.1 Å². The number of aromatic amines is 1. The minimum atomic E-state index is -0.328. The second kappa shape index (κ2) is 9.70. The lowest BCUT2D eigenvalue weighted by Gasteiger charge is -2.17. The summed E-state index contributed by atoms with van der Waals surface area (Å²) < 4.78 is 17.7. The number of fused-ring (bicyclic) bond motifs is 1. The molecular weight excluding hydrogens is 380 g/mol. The van der Waals surface area contributed by atoms with Gasteiger partial charge in [0, 0.05) is 13.1 Å². The number of nitrogens with one attached hydrogen (secondary N) is 1. The van der Waals surface area contributed by atoms with Gasteiger partial charge in [-0.3, -0.25) is 14.3 Å². The highest BCUT2D eigenvalue weighted by atomic mass is 16.5. The molecule has 0 radical (unpaired) electrons. The minimum Gasteiger partial charge on any atom is -0.468 e. The molecule has 1 unspecified atom stereocenters. The number of methoxy groups -OCH3 is 1. The molecule has 1 saturated heterocycles. The predicted octanol–water partition coefficient (Wildman–Crippen LogP) is 0.145. The van der Waals surface area contributed by atoms with Crippen LogP contribution in [0.4, 0.5) is 5.82 Å². The molecule has 0 bridgehead atoms. The van der Waals surface area contributed by atoms with Crippen molar-refractivity contribution in [3.05, 3.63) is 10.5 Å². The van der Waals surface area contributed by atoms with Crippen LogP contribution in [0.5, 0.6) is 6.01 Å². The molecule has 3 heterocycles. The quantitative estimate of drug-likeness (QED) is 0.461. The van der Waals surface area contributed by atoms with Crippen LogP contribution in [0.2, 0.25) is 0 Å². The molecule has 0 aromatic carbocycles. The standard InChI is InChI=1S/C18H28N6O5/c1-3-4-8-29-17-21-15(19)14-16(22-17)24(18(26)20-14)10-12-5-6-23(7-9-28-12)11-13(25)27-2/h12H,3-11H2,1-2H3,(H,20,26)(H2,19,21,22). The monoisotopic (exact) mass is 408 g/mol. The Balaban J connectivity index is 1.74. The van der Waals surface area contributed by atoms with Crippen LogP contribution in [0.3, 0.4) is 0 Å². The molecule has 3 N–H and O–H groups in total. The fraction of sp³-hybridized carbons (Fsp3) is 0.667. The van der Waals surface area contributed by atoms with E-state index in [1.54, 1.807) is 0 Å². The van der Waals surface area contributed by atoms with Crippen molar-refractivity contribution in [1.82, 2.24) is 24.4 Å². The maximum atomic E-state index is 12.5. The molecule has 1 aliphatic rings. The normalized spacial score (nSPS) is 17.9. The lowest BCUT2D eigenvalue weighted by atomic mass is 10.2. The number of nitrogens with zero attached hydrogens (tertiary/aromatic N) is 4. The number of H-pyrrole nitrogens is 1. The summed E-state index contributed by atoms with van der Waals surface area (Å²) in [6.07, 6.45) is 2.32. The molecule has 11 nitrogen and oxygen atoms in total. The molecule has 0 amide bonds. The first-order valence-electron chi connectivity index (χ1n) is 9.81. The number of anilines is 1. The van der Waals surface area contributed by atoms with E-state index in [1.807, 2.05) is 4.90 Å². The number of rotatable bonds is 8. The van der Waals surface area contributed by atoms with E-state index >= 15 is 0 Å². The van der Waals surface area contributed by atoms with Crippen LogP contribution < -0.4 is 16.2 Å². The molecule has 1 fully saturated rings. The van der Waals surface area contributed by atoms with Gasteiger partial charge in [0.05, 0.1) is 39.5 Å². The van der Waals surface area contributed by atoms with Crippen LogP contribution in [0.15, 0.2) is 4.79 Å². The number of imidazole rings is 1. The first-order valence-corrected chi connectivity index (χ1v) is 9.81. The Morgan fingerprint density at radius 1 is 1.38 bits per heavy atom. The van der Waals surface area contributed by atoms with Gasteiger partial charge in [-0.25, -0.2) is 4.79 Å². The van der Waals surface area contributed by atoms with Gasteiger partial charge in [0.15, 0.2) is 11.5 Å². The van der Waals surface area contributed by atoms with Crippen LogP contribution in [0.1, 0.15) is 26.2 Å². The minimum absolute atomic E-state index is 0.155. The van der Waals surface area contributed by atoms with Gasteiger partial charge in [0.1, 0.15) is 5.52 Å². The summed E-state index contributed by atoms with van der Waals surface area (Å²) in [7, 11) is 1.37. The Bertz CT molecular complexity index is 895. The van der Waals surface area contributed by atoms with Crippen molar-refractivity contribution in [2.24, 2.45) is 0 Å². The second-order valence-corrected chi connectivity index (χ2v) is 6.97. The first-order chi connectivity index (χ1) is 14.0. The third kappa shape index (κ3) is 5.24. The van der Waals surface area contributed by atoms with Gasteiger partial charge >= 0.3 is 17.7 Å². The zero-order chi connectivity index (χ0) is 20.8. The molecule has 0 aliphatic carbocycles. The molecule has 29 heavy (non-hydrogen) atoms. The maximum absolute atomic E-state index is 12.5. The van der Waals surface area contributed by atoms with E-state index in [4.69, 9.17) is 19.9 Å². The molecule has 160 valence electrons. The summed E-state index contributed by atoms with van der Waals surface area (Å²) in [6, 6.07) is 0.155. The first kappa shape index (κ1) is 21.1.